The van der Waals surface area contributed by atoms with E-state index in [0.717, 1.165) is 32.3 Å². The number of hydrogen-bond acceptors (Lipinski definition) is 5. The van der Waals surface area contributed by atoms with E-state index in [1.807, 2.05) is 91.0 Å². The number of para-hydroxylation sites is 3. The number of thiocarbonyl (C=S) groups is 1. The Balaban J connectivity index is 1.74. The van der Waals surface area contributed by atoms with E-state index >= 15 is 0 Å². The third-order valence-corrected chi connectivity index (χ3v) is 6.46. The minimum absolute atomic E-state index is 0.650. The van der Waals surface area contributed by atoms with Gasteiger partial charge in [0.15, 0.2) is 0 Å². The fraction of sp³-hybridized carbons (Fsp3) is 0. The second-order valence-electron chi connectivity index (χ2n) is 5.93. The Labute approximate surface area is 176 Å². The summed E-state index contributed by atoms with van der Waals surface area (Å²) in [6.45, 7) is 0. The van der Waals surface area contributed by atoms with Crippen LogP contribution in [0, 0.1) is 0 Å². The molecule has 6 heteroatoms. The van der Waals surface area contributed by atoms with Crippen molar-refractivity contribution in [3.8, 4) is 0 Å². The summed E-state index contributed by atoms with van der Waals surface area (Å²) < 4.78 is 0.892. The molecule has 2 N–H and O–H groups in total. The molecule has 4 aromatic rings. The van der Waals surface area contributed by atoms with Gasteiger partial charge in [0.2, 0.25) is 0 Å². The summed E-state index contributed by atoms with van der Waals surface area (Å²) in [5.41, 5.74) is 3.81. The van der Waals surface area contributed by atoms with E-state index < -0.39 is 0 Å². The van der Waals surface area contributed by atoms with Crippen LogP contribution in [0.1, 0.15) is 5.56 Å². The predicted octanol–water partition coefficient (Wildman–Crippen LogP) is 6.57. The Bertz CT molecular complexity index is 1120. The van der Waals surface area contributed by atoms with Crippen LogP contribution >= 0.6 is 32.9 Å². The van der Waals surface area contributed by atoms with Crippen molar-refractivity contribution in [1.29, 1.82) is 0 Å². The molecule has 1 aromatic heterocycles. The van der Waals surface area contributed by atoms with Gasteiger partial charge < -0.3 is 10.6 Å². The van der Waals surface area contributed by atoms with Crippen LogP contribution in [-0.4, -0.2) is 4.99 Å². The van der Waals surface area contributed by atoms with Gasteiger partial charge in [-0.3, -0.25) is 0 Å². The topological polar surface area (TPSA) is 36.4 Å². The van der Waals surface area contributed by atoms with Crippen LogP contribution < -0.4 is 15.3 Å². The first-order chi connectivity index (χ1) is 13.8. The molecule has 28 heavy (non-hydrogen) atoms. The smallest absolute Gasteiger partial charge is 0.140 e. The highest BCUT2D eigenvalue weighted by atomic mass is 32.9. The summed E-state index contributed by atoms with van der Waals surface area (Å²) in [6, 6.07) is 30.0. The van der Waals surface area contributed by atoms with Gasteiger partial charge in [0, 0.05) is 11.4 Å². The second kappa shape index (κ2) is 8.93. The predicted molar refractivity (Wildman–Crippen MR) is 125 cm³/mol. The summed E-state index contributed by atoms with van der Waals surface area (Å²) in [5.74, 6) is 0. The van der Waals surface area contributed by atoms with Gasteiger partial charge in [0.05, 0.1) is 11.3 Å². The van der Waals surface area contributed by atoms with Crippen LogP contribution in [0.4, 0.5) is 22.1 Å². The third-order valence-electron chi connectivity index (χ3n) is 3.92. The van der Waals surface area contributed by atoms with Crippen molar-refractivity contribution >= 4 is 60.0 Å². The molecule has 1 heterocycles. The molecule has 0 aliphatic rings. The first-order valence-corrected chi connectivity index (χ1v) is 11.3. The Morgan fingerprint density at radius 2 is 1.29 bits per heavy atom. The lowest BCUT2D eigenvalue weighted by atomic mass is 10.2. The zero-order valence-corrected chi connectivity index (χ0v) is 17.3. The molecule has 0 radical (unpaired) electrons. The summed E-state index contributed by atoms with van der Waals surface area (Å²) >= 11 is 5.77. The number of benzene rings is 3. The van der Waals surface area contributed by atoms with Crippen molar-refractivity contribution in [2.24, 2.45) is 4.99 Å². The summed E-state index contributed by atoms with van der Waals surface area (Å²) in [5, 5.41) is 7.81. The van der Waals surface area contributed by atoms with Crippen molar-refractivity contribution < 1.29 is 0 Å². The number of rotatable bonds is 5. The Morgan fingerprint density at radius 1 is 0.714 bits per heavy atom. The number of nitrogens with one attached hydrogen (secondary N) is 2. The van der Waals surface area contributed by atoms with Crippen LogP contribution in [0.15, 0.2) is 96.0 Å². The van der Waals surface area contributed by atoms with Crippen LogP contribution in [-0.2, 0) is 0 Å². The Kier molecular flexibility index (Phi) is 5.92. The van der Waals surface area contributed by atoms with Crippen LogP contribution in [0.5, 0.6) is 0 Å². The van der Waals surface area contributed by atoms with Crippen molar-refractivity contribution in [3.63, 3.8) is 0 Å². The summed E-state index contributed by atoms with van der Waals surface area (Å²) in [4.78, 5) is 5.48. The maximum Gasteiger partial charge on any atom is 0.140 e. The minimum Gasteiger partial charge on any atom is -0.346 e. The van der Waals surface area contributed by atoms with Gasteiger partial charge in [-0.15, -0.1) is 0 Å². The number of nitrogens with zero attached hydrogens (tertiary/aromatic N) is 1. The molecule has 0 unspecified atom stereocenters. The van der Waals surface area contributed by atoms with Crippen LogP contribution in [0.3, 0.4) is 0 Å². The first kappa shape index (κ1) is 18.6. The molecule has 0 aliphatic heterocycles. The lowest BCUT2D eigenvalue weighted by Gasteiger charge is -2.10. The van der Waals surface area contributed by atoms with Gasteiger partial charge in [0.25, 0.3) is 0 Å². The van der Waals surface area contributed by atoms with Crippen molar-refractivity contribution in [1.82, 2.24) is 0 Å². The average Bonchev–Trinajstić information content (AvgIpc) is 3.12. The van der Waals surface area contributed by atoms with Crippen molar-refractivity contribution in [2.75, 3.05) is 10.6 Å². The Hall–Kier alpha value is -2.80. The summed E-state index contributed by atoms with van der Waals surface area (Å²) in [6.07, 6.45) is 0. The van der Waals surface area contributed by atoms with E-state index in [0.29, 0.717) is 4.99 Å². The van der Waals surface area contributed by atoms with Gasteiger partial charge in [0.1, 0.15) is 14.7 Å². The molecule has 0 saturated heterocycles. The number of anilines is 3. The zero-order valence-electron chi connectivity index (χ0n) is 14.8. The second-order valence-corrected chi connectivity index (χ2v) is 8.47. The largest absolute Gasteiger partial charge is 0.346 e. The van der Waals surface area contributed by atoms with Gasteiger partial charge in [-0.2, -0.15) is 0 Å². The monoisotopic (exact) mass is 419 g/mol. The minimum atomic E-state index is 0.650. The maximum atomic E-state index is 5.77. The SMILES string of the molecule is S=C(Nc1ccccc1)c1c(Nc2ccccc2)ssc1=Nc1ccccc1. The van der Waals surface area contributed by atoms with Crippen molar-refractivity contribution in [2.45, 2.75) is 0 Å². The van der Waals surface area contributed by atoms with Gasteiger partial charge >= 0.3 is 0 Å². The normalized spacial score (nSPS) is 11.2. The van der Waals surface area contributed by atoms with Gasteiger partial charge in [-0.25, -0.2) is 4.99 Å². The quantitative estimate of drug-likeness (QED) is 0.284. The molecule has 0 atom stereocenters. The highest BCUT2D eigenvalue weighted by molar-refractivity contribution is 7.81. The molecule has 4 rings (SSSR count). The molecule has 0 saturated carbocycles. The molecule has 0 aliphatic carbocycles. The van der Waals surface area contributed by atoms with E-state index in [-0.39, 0.29) is 0 Å². The van der Waals surface area contributed by atoms with E-state index in [1.165, 1.54) is 0 Å². The van der Waals surface area contributed by atoms with Gasteiger partial charge in [-0.05, 0) is 36.4 Å². The highest BCUT2D eigenvalue weighted by Crippen LogP contribution is 2.29. The molecule has 0 spiro atoms. The fourth-order valence-corrected chi connectivity index (χ4v) is 5.38. The third kappa shape index (κ3) is 4.54. The maximum absolute atomic E-state index is 5.77. The zero-order chi connectivity index (χ0) is 19.2. The lowest BCUT2D eigenvalue weighted by Crippen LogP contribution is -2.18. The molecule has 0 bridgehead atoms. The molecular weight excluding hydrogens is 402 g/mol. The van der Waals surface area contributed by atoms with Crippen LogP contribution in [0.25, 0.3) is 0 Å². The molecule has 0 amide bonds. The van der Waals surface area contributed by atoms with E-state index in [9.17, 15) is 0 Å². The van der Waals surface area contributed by atoms with Crippen molar-refractivity contribution in [3.05, 3.63) is 101 Å². The molecule has 0 fully saturated rings. The van der Waals surface area contributed by atoms with Gasteiger partial charge in [-0.1, -0.05) is 87.5 Å². The molecule has 3 nitrogen and oxygen atoms in total. The average molecular weight is 420 g/mol. The van der Waals surface area contributed by atoms with E-state index in [1.54, 1.807) is 20.7 Å². The fourth-order valence-electron chi connectivity index (χ4n) is 2.61. The molecule has 138 valence electrons. The highest BCUT2D eigenvalue weighted by Gasteiger charge is 2.15. The van der Waals surface area contributed by atoms with E-state index in [4.69, 9.17) is 17.2 Å². The summed E-state index contributed by atoms with van der Waals surface area (Å²) in [7, 11) is 3.25. The molecule has 3 aromatic carbocycles. The van der Waals surface area contributed by atoms with Crippen LogP contribution in [0.2, 0.25) is 0 Å². The molecular formula is C22H17N3S3. The number of hydrogen-bond donors (Lipinski definition) is 2. The Morgan fingerprint density at radius 3 is 1.93 bits per heavy atom. The first-order valence-electron chi connectivity index (χ1n) is 8.71. The standard InChI is InChI=1S/C22H17N3S3/c26-20(23-16-10-4-1-5-11-16)19-21(24-17-12-6-2-7-13-17)27-28-22(19)25-18-14-8-3-9-15-18/h1-15,24H,(H,23,26). The lowest BCUT2D eigenvalue weighted by molar-refractivity contribution is 1.40. The van der Waals surface area contributed by atoms with E-state index in [2.05, 4.69) is 10.6 Å².